The number of halogens is 3. The van der Waals surface area contributed by atoms with Crippen molar-refractivity contribution in [2.45, 2.75) is 25.2 Å². The molecular weight excluding hydrogens is 269 g/mol. The first kappa shape index (κ1) is 15.1. The van der Waals surface area contributed by atoms with Crippen LogP contribution in [0.15, 0.2) is 24.3 Å². The van der Waals surface area contributed by atoms with Crippen LogP contribution in [0.5, 0.6) is 5.75 Å². The minimum absolute atomic E-state index is 0.168. The molecule has 0 aliphatic heterocycles. The van der Waals surface area contributed by atoms with Crippen molar-refractivity contribution in [2.75, 3.05) is 20.1 Å². The summed E-state index contributed by atoms with van der Waals surface area (Å²) in [6.45, 7) is 1.10. The van der Waals surface area contributed by atoms with Gasteiger partial charge in [0, 0.05) is 18.7 Å². The van der Waals surface area contributed by atoms with Gasteiger partial charge in [-0.05, 0) is 31.9 Å². The van der Waals surface area contributed by atoms with Crippen molar-refractivity contribution < 1.29 is 17.9 Å². The van der Waals surface area contributed by atoms with Crippen LogP contribution >= 0.6 is 0 Å². The van der Waals surface area contributed by atoms with Crippen LogP contribution in [0.3, 0.4) is 0 Å². The van der Waals surface area contributed by atoms with Crippen LogP contribution in [0.1, 0.15) is 24.4 Å². The third-order valence-corrected chi connectivity index (χ3v) is 3.50. The van der Waals surface area contributed by atoms with E-state index in [0.29, 0.717) is 11.5 Å². The number of nitrogens with zero attached hydrogens (tertiary/aromatic N) is 1. The summed E-state index contributed by atoms with van der Waals surface area (Å²) in [5, 5.41) is 0. The number of hydrogen-bond acceptors (Lipinski definition) is 3. The lowest BCUT2D eigenvalue weighted by Crippen LogP contribution is -2.33. The predicted molar refractivity (Wildman–Crippen MR) is 70.3 cm³/mol. The Labute approximate surface area is 116 Å². The Bertz CT molecular complexity index is 446. The SMILES string of the molecule is CN(CC1CC1)C(CN)c1ccccc1OC(F)(F)F. The predicted octanol–water partition coefficient (Wildman–Crippen LogP) is 2.93. The van der Waals surface area contributed by atoms with Crippen LogP contribution in [-0.2, 0) is 0 Å². The molecule has 1 unspecified atom stereocenters. The molecule has 1 saturated carbocycles. The molecule has 0 heterocycles. The Kier molecular flexibility index (Phi) is 4.55. The summed E-state index contributed by atoms with van der Waals surface area (Å²) in [6, 6.07) is 5.93. The summed E-state index contributed by atoms with van der Waals surface area (Å²) in [6.07, 6.45) is -2.32. The molecule has 0 amide bonds. The molecule has 112 valence electrons. The number of nitrogens with two attached hydrogens (primary N) is 1. The van der Waals surface area contributed by atoms with Crippen molar-refractivity contribution in [3.8, 4) is 5.75 Å². The van der Waals surface area contributed by atoms with E-state index in [1.54, 1.807) is 12.1 Å². The van der Waals surface area contributed by atoms with E-state index in [2.05, 4.69) is 4.74 Å². The average Bonchev–Trinajstić information content (AvgIpc) is 3.14. The zero-order chi connectivity index (χ0) is 14.8. The average molecular weight is 288 g/mol. The molecule has 1 aromatic carbocycles. The van der Waals surface area contributed by atoms with Gasteiger partial charge in [-0.15, -0.1) is 13.2 Å². The van der Waals surface area contributed by atoms with Gasteiger partial charge in [0.15, 0.2) is 0 Å². The van der Waals surface area contributed by atoms with Gasteiger partial charge in [-0.25, -0.2) is 0 Å². The van der Waals surface area contributed by atoms with E-state index >= 15 is 0 Å². The summed E-state index contributed by atoms with van der Waals surface area (Å²) in [5.41, 5.74) is 6.24. The van der Waals surface area contributed by atoms with Crippen molar-refractivity contribution in [3.63, 3.8) is 0 Å². The summed E-state index contributed by atoms with van der Waals surface area (Å²) in [7, 11) is 1.89. The fraction of sp³-hybridized carbons (Fsp3) is 0.571. The number of benzene rings is 1. The molecule has 6 heteroatoms. The molecule has 1 aliphatic rings. The number of ether oxygens (including phenoxy) is 1. The number of alkyl halides is 3. The van der Waals surface area contributed by atoms with Crippen LogP contribution in [0.2, 0.25) is 0 Å². The molecule has 0 radical (unpaired) electrons. The maximum atomic E-state index is 12.4. The number of likely N-dealkylation sites (N-methyl/N-ethyl adjacent to an activating group) is 1. The normalized spacial score (nSPS) is 17.3. The van der Waals surface area contributed by atoms with E-state index in [1.807, 2.05) is 11.9 Å². The van der Waals surface area contributed by atoms with Crippen molar-refractivity contribution >= 4 is 0 Å². The first-order valence-electron chi connectivity index (χ1n) is 6.65. The maximum Gasteiger partial charge on any atom is 0.573 e. The molecule has 2 N–H and O–H groups in total. The van der Waals surface area contributed by atoms with Gasteiger partial charge in [0.25, 0.3) is 0 Å². The molecule has 0 spiro atoms. The molecule has 0 saturated heterocycles. The Hall–Kier alpha value is -1.27. The molecular formula is C14H19F3N2O. The Morgan fingerprint density at radius 3 is 2.55 bits per heavy atom. The highest BCUT2D eigenvalue weighted by Gasteiger charge is 2.34. The maximum absolute atomic E-state index is 12.4. The highest BCUT2D eigenvalue weighted by atomic mass is 19.4. The third kappa shape index (κ3) is 4.11. The monoisotopic (exact) mass is 288 g/mol. The van der Waals surface area contributed by atoms with Gasteiger partial charge < -0.3 is 10.5 Å². The van der Waals surface area contributed by atoms with Crippen LogP contribution in [0, 0.1) is 5.92 Å². The van der Waals surface area contributed by atoms with Gasteiger partial charge in [-0.3, -0.25) is 4.90 Å². The molecule has 1 fully saturated rings. The van der Waals surface area contributed by atoms with Gasteiger partial charge >= 0.3 is 6.36 Å². The molecule has 1 aromatic rings. The van der Waals surface area contributed by atoms with Crippen molar-refractivity contribution in [2.24, 2.45) is 11.7 Å². The minimum atomic E-state index is -4.69. The second-order valence-electron chi connectivity index (χ2n) is 5.22. The van der Waals surface area contributed by atoms with Gasteiger partial charge in [0.2, 0.25) is 0 Å². The van der Waals surface area contributed by atoms with Crippen LogP contribution < -0.4 is 10.5 Å². The zero-order valence-electron chi connectivity index (χ0n) is 11.4. The number of para-hydroxylation sites is 1. The zero-order valence-corrected chi connectivity index (χ0v) is 11.4. The lowest BCUT2D eigenvalue weighted by molar-refractivity contribution is -0.275. The summed E-state index contributed by atoms with van der Waals surface area (Å²) >= 11 is 0. The molecule has 1 atom stereocenters. The van der Waals surface area contributed by atoms with E-state index in [-0.39, 0.29) is 18.3 Å². The van der Waals surface area contributed by atoms with Gasteiger partial charge in [0.1, 0.15) is 5.75 Å². The lowest BCUT2D eigenvalue weighted by atomic mass is 10.0. The van der Waals surface area contributed by atoms with Crippen molar-refractivity contribution in [3.05, 3.63) is 29.8 Å². The number of rotatable bonds is 6. The summed E-state index contributed by atoms with van der Waals surface area (Å²) in [5.74, 6) is 0.475. The van der Waals surface area contributed by atoms with Gasteiger partial charge in [0.05, 0.1) is 6.04 Å². The molecule has 20 heavy (non-hydrogen) atoms. The first-order chi connectivity index (χ1) is 9.40. The Balaban J connectivity index is 2.19. The van der Waals surface area contributed by atoms with E-state index in [4.69, 9.17) is 5.73 Å². The van der Waals surface area contributed by atoms with Crippen LogP contribution in [0.4, 0.5) is 13.2 Å². The highest BCUT2D eigenvalue weighted by Crippen LogP contribution is 2.35. The second kappa shape index (κ2) is 6.01. The van der Waals surface area contributed by atoms with E-state index in [9.17, 15) is 13.2 Å². The minimum Gasteiger partial charge on any atom is -0.405 e. The van der Waals surface area contributed by atoms with Gasteiger partial charge in [-0.1, -0.05) is 18.2 Å². The van der Waals surface area contributed by atoms with Crippen molar-refractivity contribution in [1.29, 1.82) is 0 Å². The molecule has 0 bridgehead atoms. The van der Waals surface area contributed by atoms with Crippen LogP contribution in [0.25, 0.3) is 0 Å². The van der Waals surface area contributed by atoms with Crippen molar-refractivity contribution in [1.82, 2.24) is 4.90 Å². The van der Waals surface area contributed by atoms with Crippen LogP contribution in [-0.4, -0.2) is 31.4 Å². The topological polar surface area (TPSA) is 38.5 Å². The lowest BCUT2D eigenvalue weighted by Gasteiger charge is -2.29. The highest BCUT2D eigenvalue weighted by molar-refractivity contribution is 5.36. The standard InChI is InChI=1S/C14H19F3N2O/c1-19(9-10-6-7-10)12(8-18)11-4-2-3-5-13(11)20-14(15,16)17/h2-5,10,12H,6-9,18H2,1H3. The first-order valence-corrected chi connectivity index (χ1v) is 6.65. The van der Waals surface area contributed by atoms with E-state index in [0.717, 1.165) is 6.54 Å². The quantitative estimate of drug-likeness (QED) is 0.874. The Morgan fingerprint density at radius 1 is 1.35 bits per heavy atom. The molecule has 3 nitrogen and oxygen atoms in total. The second-order valence-corrected chi connectivity index (χ2v) is 5.22. The number of hydrogen-bond donors (Lipinski definition) is 1. The van der Waals surface area contributed by atoms with E-state index in [1.165, 1.54) is 25.0 Å². The fourth-order valence-electron chi connectivity index (χ4n) is 2.35. The smallest absolute Gasteiger partial charge is 0.405 e. The summed E-state index contributed by atoms with van der Waals surface area (Å²) < 4.78 is 41.4. The fourth-order valence-corrected chi connectivity index (χ4v) is 2.35. The van der Waals surface area contributed by atoms with E-state index < -0.39 is 6.36 Å². The molecule has 1 aliphatic carbocycles. The Morgan fingerprint density at radius 2 is 2.00 bits per heavy atom. The largest absolute Gasteiger partial charge is 0.573 e. The molecule has 2 rings (SSSR count). The molecule has 0 aromatic heterocycles. The summed E-state index contributed by atoms with van der Waals surface area (Å²) in [4.78, 5) is 2.01. The third-order valence-electron chi connectivity index (χ3n) is 3.50. The van der Waals surface area contributed by atoms with Gasteiger partial charge in [-0.2, -0.15) is 0 Å².